The summed E-state index contributed by atoms with van der Waals surface area (Å²) in [4.78, 5) is 24.2. The Balaban J connectivity index is 2.12. The summed E-state index contributed by atoms with van der Waals surface area (Å²) in [6.07, 6.45) is 2.65. The third-order valence-electron chi connectivity index (χ3n) is 3.58. The molecule has 0 fully saturated rings. The summed E-state index contributed by atoms with van der Waals surface area (Å²) in [6, 6.07) is 6.48. The Morgan fingerprint density at radius 1 is 1.36 bits per heavy atom. The van der Waals surface area contributed by atoms with Crippen LogP contribution in [0.25, 0.3) is 6.08 Å². The maximum absolute atomic E-state index is 12.0. The second kappa shape index (κ2) is 9.43. The molecule has 2 rings (SSSR count). The Bertz CT molecular complexity index is 958. The van der Waals surface area contributed by atoms with Crippen molar-refractivity contribution in [1.82, 2.24) is 0 Å². The number of anilines is 1. The van der Waals surface area contributed by atoms with Gasteiger partial charge >= 0.3 is 11.9 Å². The zero-order valence-electron chi connectivity index (χ0n) is 15.2. The van der Waals surface area contributed by atoms with Crippen LogP contribution in [0, 0.1) is 11.3 Å². The number of esters is 2. The van der Waals surface area contributed by atoms with Gasteiger partial charge in [0.05, 0.1) is 19.3 Å². The van der Waals surface area contributed by atoms with Crippen molar-refractivity contribution in [2.24, 2.45) is 0 Å². The van der Waals surface area contributed by atoms with E-state index in [0.29, 0.717) is 5.56 Å². The molecule has 2 aromatic rings. The zero-order chi connectivity index (χ0) is 20.7. The molecule has 1 aromatic heterocycles. The number of rotatable bonds is 7. The lowest BCUT2D eigenvalue weighted by Gasteiger charge is -2.05. The van der Waals surface area contributed by atoms with Crippen molar-refractivity contribution in [3.8, 4) is 17.6 Å². The largest absolute Gasteiger partial charge is 0.504 e. The van der Waals surface area contributed by atoms with E-state index in [9.17, 15) is 20.0 Å². The van der Waals surface area contributed by atoms with Crippen LogP contribution < -0.4 is 10.5 Å². The third-order valence-corrected chi connectivity index (χ3v) is 4.62. The fraction of sp³-hybridized carbons (Fsp3) is 0.211. The summed E-state index contributed by atoms with van der Waals surface area (Å²) in [5.74, 6) is -1.07. The first-order valence-electron chi connectivity index (χ1n) is 8.11. The van der Waals surface area contributed by atoms with Crippen LogP contribution >= 0.6 is 11.3 Å². The van der Waals surface area contributed by atoms with Gasteiger partial charge in [-0.05, 0) is 30.7 Å². The van der Waals surface area contributed by atoms with Crippen LogP contribution in [0.2, 0.25) is 0 Å². The highest BCUT2D eigenvalue weighted by Gasteiger charge is 2.23. The van der Waals surface area contributed by atoms with Crippen molar-refractivity contribution in [2.45, 2.75) is 13.5 Å². The highest BCUT2D eigenvalue weighted by molar-refractivity contribution is 7.18. The number of phenols is 1. The van der Waals surface area contributed by atoms with Crippen molar-refractivity contribution in [1.29, 1.82) is 5.26 Å². The number of aromatic hydroxyl groups is 1. The molecule has 0 unspecified atom stereocenters. The van der Waals surface area contributed by atoms with Gasteiger partial charge in [-0.25, -0.2) is 9.59 Å². The smallest absolute Gasteiger partial charge is 0.348 e. The summed E-state index contributed by atoms with van der Waals surface area (Å²) in [6.45, 7) is 1.52. The third kappa shape index (κ3) is 4.81. The van der Waals surface area contributed by atoms with E-state index in [0.717, 1.165) is 11.3 Å². The van der Waals surface area contributed by atoms with Crippen molar-refractivity contribution >= 4 is 34.4 Å². The van der Waals surface area contributed by atoms with Gasteiger partial charge in [-0.15, -0.1) is 11.3 Å². The van der Waals surface area contributed by atoms with Crippen molar-refractivity contribution in [3.05, 3.63) is 45.8 Å². The van der Waals surface area contributed by atoms with Gasteiger partial charge in [0.2, 0.25) is 0 Å². The Morgan fingerprint density at radius 3 is 2.75 bits per heavy atom. The monoisotopic (exact) mass is 402 g/mol. The van der Waals surface area contributed by atoms with Gasteiger partial charge < -0.3 is 25.1 Å². The number of nitrogens with zero attached hydrogens (tertiary/aromatic N) is 1. The van der Waals surface area contributed by atoms with E-state index in [1.54, 1.807) is 19.1 Å². The molecular weight excluding hydrogens is 384 g/mol. The zero-order valence-corrected chi connectivity index (χ0v) is 16.0. The number of carbonyl (C=O) groups is 2. The standard InChI is InChI=1S/C19H18N2O6S/c1-3-26-19(24)17-13(12(9-20)18(21)28-17)10-27-16(23)7-5-11-4-6-14(22)15(8-11)25-2/h4-8,22H,3,10,21H2,1-2H3/b7-5+. The second-order valence-electron chi connectivity index (χ2n) is 5.35. The van der Waals surface area contributed by atoms with Crippen molar-refractivity contribution < 1.29 is 28.9 Å². The van der Waals surface area contributed by atoms with Crippen LogP contribution in [0.3, 0.4) is 0 Å². The number of phenolic OH excluding ortho intramolecular Hbond substituents is 1. The van der Waals surface area contributed by atoms with Gasteiger partial charge in [-0.3, -0.25) is 0 Å². The normalized spacial score (nSPS) is 10.5. The van der Waals surface area contributed by atoms with Crippen LogP contribution in [-0.2, 0) is 20.9 Å². The Kier molecular flexibility index (Phi) is 7.01. The maximum Gasteiger partial charge on any atom is 0.348 e. The predicted molar refractivity (Wildman–Crippen MR) is 103 cm³/mol. The first-order valence-corrected chi connectivity index (χ1v) is 8.93. The minimum absolute atomic E-state index is 0.0206. The lowest BCUT2D eigenvalue weighted by molar-refractivity contribution is -0.138. The average molecular weight is 402 g/mol. The van der Waals surface area contributed by atoms with Crippen LogP contribution in [0.4, 0.5) is 5.00 Å². The topological polar surface area (TPSA) is 132 Å². The first-order chi connectivity index (χ1) is 13.4. The summed E-state index contributed by atoms with van der Waals surface area (Å²) < 4.78 is 15.1. The van der Waals surface area contributed by atoms with Crippen LogP contribution in [0.1, 0.15) is 33.3 Å². The summed E-state index contributed by atoms with van der Waals surface area (Å²) >= 11 is 0.915. The highest BCUT2D eigenvalue weighted by Crippen LogP contribution is 2.32. The lowest BCUT2D eigenvalue weighted by Crippen LogP contribution is -2.08. The van der Waals surface area contributed by atoms with E-state index in [2.05, 4.69) is 0 Å². The average Bonchev–Trinajstić information content (AvgIpc) is 3.01. The maximum atomic E-state index is 12.0. The van der Waals surface area contributed by atoms with Gasteiger partial charge in [-0.2, -0.15) is 5.26 Å². The lowest BCUT2D eigenvalue weighted by atomic mass is 10.1. The fourth-order valence-corrected chi connectivity index (χ4v) is 3.18. The molecule has 0 radical (unpaired) electrons. The summed E-state index contributed by atoms with van der Waals surface area (Å²) in [5.41, 5.74) is 6.69. The van der Waals surface area contributed by atoms with E-state index in [1.165, 1.54) is 25.3 Å². The molecule has 146 valence electrons. The molecule has 0 saturated carbocycles. The number of carbonyl (C=O) groups excluding carboxylic acids is 2. The summed E-state index contributed by atoms with van der Waals surface area (Å²) in [5, 5.41) is 19.0. The number of nitriles is 1. The molecule has 3 N–H and O–H groups in total. The molecule has 0 aliphatic carbocycles. The van der Waals surface area contributed by atoms with E-state index < -0.39 is 11.9 Å². The number of nitrogen functional groups attached to an aromatic ring is 1. The molecule has 1 heterocycles. The van der Waals surface area contributed by atoms with Crippen molar-refractivity contribution in [2.75, 3.05) is 19.5 Å². The Morgan fingerprint density at radius 2 is 2.11 bits per heavy atom. The molecule has 0 aliphatic heterocycles. The summed E-state index contributed by atoms with van der Waals surface area (Å²) in [7, 11) is 1.41. The number of hydrogen-bond donors (Lipinski definition) is 2. The highest BCUT2D eigenvalue weighted by atomic mass is 32.1. The molecule has 0 atom stereocenters. The van der Waals surface area contributed by atoms with E-state index in [4.69, 9.17) is 19.9 Å². The molecule has 0 saturated heterocycles. The number of hydrogen-bond acceptors (Lipinski definition) is 9. The van der Waals surface area contributed by atoms with Gasteiger partial charge in [0, 0.05) is 11.6 Å². The Labute approximate surface area is 165 Å². The molecule has 28 heavy (non-hydrogen) atoms. The minimum Gasteiger partial charge on any atom is -0.504 e. The van der Waals surface area contributed by atoms with Gasteiger partial charge in [0.25, 0.3) is 0 Å². The number of ether oxygens (including phenoxy) is 3. The SMILES string of the molecule is CCOC(=O)c1sc(N)c(C#N)c1COC(=O)/C=C/c1ccc(O)c(OC)c1. The van der Waals surface area contributed by atoms with Crippen molar-refractivity contribution in [3.63, 3.8) is 0 Å². The minimum atomic E-state index is -0.685. The predicted octanol–water partition coefficient (Wildman–Crippen LogP) is 2.85. The molecule has 1 aromatic carbocycles. The fourth-order valence-electron chi connectivity index (χ4n) is 2.26. The molecule has 9 heteroatoms. The van der Waals surface area contributed by atoms with Crippen LogP contribution in [-0.4, -0.2) is 30.8 Å². The van der Waals surface area contributed by atoms with E-state index in [-0.39, 0.29) is 45.7 Å². The quantitative estimate of drug-likeness (QED) is 0.534. The number of methoxy groups -OCH3 is 1. The molecular formula is C19H18N2O6S. The van der Waals surface area contributed by atoms with Crippen LogP contribution in [0.15, 0.2) is 24.3 Å². The number of benzene rings is 1. The second-order valence-corrected chi connectivity index (χ2v) is 6.41. The van der Waals surface area contributed by atoms with Crippen LogP contribution in [0.5, 0.6) is 11.5 Å². The molecule has 0 spiro atoms. The first kappa shape index (κ1) is 20.8. The molecule has 0 aliphatic rings. The molecule has 8 nitrogen and oxygen atoms in total. The van der Waals surface area contributed by atoms with Gasteiger partial charge in [0.1, 0.15) is 22.6 Å². The van der Waals surface area contributed by atoms with Gasteiger partial charge in [0.15, 0.2) is 11.5 Å². The number of nitrogens with two attached hydrogens (primary N) is 1. The molecule has 0 bridgehead atoms. The Hall–Kier alpha value is -3.51. The molecule has 0 amide bonds. The van der Waals surface area contributed by atoms with E-state index >= 15 is 0 Å². The van der Waals surface area contributed by atoms with E-state index in [1.807, 2.05) is 6.07 Å². The number of thiophene rings is 1. The van der Waals surface area contributed by atoms with Gasteiger partial charge in [-0.1, -0.05) is 6.07 Å².